The summed E-state index contributed by atoms with van der Waals surface area (Å²) >= 11 is 0. The van der Waals surface area contributed by atoms with Crippen LogP contribution in [0.15, 0.2) is 0 Å². The van der Waals surface area contributed by atoms with E-state index >= 15 is 0 Å². The predicted octanol–water partition coefficient (Wildman–Crippen LogP) is 1.60. The summed E-state index contributed by atoms with van der Waals surface area (Å²) in [6, 6.07) is 0. The molecule has 0 aliphatic rings. The summed E-state index contributed by atoms with van der Waals surface area (Å²) in [5.74, 6) is 0. The van der Waals surface area contributed by atoms with Crippen molar-refractivity contribution >= 4 is 31.5 Å². The van der Waals surface area contributed by atoms with Crippen LogP contribution >= 0.6 is 24.8 Å². The van der Waals surface area contributed by atoms with Gasteiger partial charge in [-0.05, 0) is 6.72 Å². The van der Waals surface area contributed by atoms with Crippen LogP contribution in [0.5, 0.6) is 0 Å². The van der Waals surface area contributed by atoms with Gasteiger partial charge in [-0.1, -0.05) is 0 Å². The summed E-state index contributed by atoms with van der Waals surface area (Å²) in [4.78, 5) is 0. The number of hydrogen-bond donors (Lipinski definition) is 4. The fourth-order valence-electron chi connectivity index (χ4n) is 0. The largest absolute Gasteiger partial charge is 0.344 e. The van der Waals surface area contributed by atoms with Gasteiger partial charge in [0.25, 0.3) is 0 Å². The number of halogens is 2. The van der Waals surface area contributed by atoms with E-state index in [0.717, 1.165) is 0 Å². The van der Waals surface area contributed by atoms with Crippen LogP contribution in [-0.4, -0.2) is 6.72 Å². The van der Waals surface area contributed by atoms with Gasteiger partial charge in [0.1, 0.15) is 0 Å². The van der Waals surface area contributed by atoms with E-state index in [1.54, 1.807) is 0 Å². The Hall–Kier alpha value is 0.130. The highest BCUT2D eigenvalue weighted by Gasteiger charge is 0.555. The highest BCUT2D eigenvalue weighted by Crippen LogP contribution is 0.691. The molecule has 0 unspecified atom stereocenters. The topological polar surface area (TPSA) is 129 Å². The van der Waals surface area contributed by atoms with Crippen LogP contribution < -0.4 is 18.5 Å². The van der Waals surface area contributed by atoms with E-state index in [1.807, 2.05) is 0 Å². The fraction of sp³-hybridized carbons (Fsp3) is 0. The molecule has 0 aromatic carbocycles. The first kappa shape index (κ1) is 210. The zero-order chi connectivity index (χ0) is 2.00. The second-order valence-electron chi connectivity index (χ2n) is 0. The molecule has 0 aliphatic carbocycles. The summed E-state index contributed by atoms with van der Waals surface area (Å²) in [6.45, 7) is 2.50. The van der Waals surface area contributed by atoms with Gasteiger partial charge in [-0.3, -0.25) is 0 Å². The van der Waals surface area contributed by atoms with Gasteiger partial charge in [0, 0.05) is 0 Å². The molecule has 4 nitrogen and oxygen atoms in total. The minimum absolute atomic E-state index is 0. The van der Waals surface area contributed by atoms with Gasteiger partial charge in [-0.2, -0.15) is 0 Å². The minimum atomic E-state index is 0. The third kappa shape index (κ3) is 6190. The molecule has 0 amide bonds. The lowest BCUT2D eigenvalue weighted by Crippen LogP contribution is -0.827. The number of nitrogens with one attached hydrogen (secondary N) is 1. The molecule has 0 spiro atoms. The Labute approximate surface area is 56.1 Å². The Morgan fingerprint density at radius 2 is 0.714 bits per heavy atom. The third-order valence-electron chi connectivity index (χ3n) is 0. The second kappa shape index (κ2) is 9550. The van der Waals surface area contributed by atoms with Crippen molar-refractivity contribution in [3.05, 3.63) is 0 Å². The van der Waals surface area contributed by atoms with Crippen LogP contribution in [0.1, 0.15) is 0 Å². The van der Waals surface area contributed by atoms with Crippen LogP contribution in [0.2, 0.25) is 0 Å². The maximum atomic E-state index is 5.50. The van der Waals surface area contributed by atoms with Crippen molar-refractivity contribution in [1.29, 1.82) is 5.41 Å². The summed E-state index contributed by atoms with van der Waals surface area (Å²) in [5.41, 5.74) is 0. The van der Waals surface area contributed by atoms with Crippen LogP contribution in [0.3, 0.4) is 0 Å². The van der Waals surface area contributed by atoms with Gasteiger partial charge in [-0.15, -0.1) is 24.8 Å². The average Bonchev–Trinajstić information content (AvgIpc) is 1.00. The Morgan fingerprint density at radius 3 is 0.714 bits per heavy atom. The first-order chi connectivity index (χ1) is 1.00. The predicted molar refractivity (Wildman–Crippen MR) is 39.4 cm³/mol. The molecule has 7 heavy (non-hydrogen) atoms. The van der Waals surface area contributed by atoms with Crippen LogP contribution in [-0.2, 0) is 0 Å². The molecule has 0 aliphatic heterocycles. The SMILES string of the molecule is C=N.Cl.Cl.N.N.N. The number of hydrogen-bond acceptors (Lipinski definition) is 4. The van der Waals surface area contributed by atoms with Gasteiger partial charge in [0.05, 0.1) is 0 Å². The van der Waals surface area contributed by atoms with Crippen molar-refractivity contribution in [3.63, 3.8) is 0 Å². The van der Waals surface area contributed by atoms with Crippen molar-refractivity contribution in [2.45, 2.75) is 0 Å². The molecule has 0 saturated carbocycles. The van der Waals surface area contributed by atoms with Gasteiger partial charge >= 0.3 is 0 Å². The molecule has 0 saturated heterocycles. The molecular formula is CH14Cl2N4. The van der Waals surface area contributed by atoms with E-state index in [4.69, 9.17) is 5.41 Å². The standard InChI is InChI=1S/CH3N.2ClH.3H3N/c1-2;;;;;/h2H,1H2;2*1H;3*1H3. The highest BCUT2D eigenvalue weighted by molar-refractivity contribution is 5.85. The van der Waals surface area contributed by atoms with E-state index in [0.29, 0.717) is 0 Å². The molecule has 0 aromatic heterocycles. The van der Waals surface area contributed by atoms with E-state index in [2.05, 4.69) is 6.72 Å². The van der Waals surface area contributed by atoms with Crippen LogP contribution in [0.4, 0.5) is 0 Å². The zero-order valence-corrected chi connectivity index (χ0v) is 5.78. The third-order valence-corrected chi connectivity index (χ3v) is 0. The maximum absolute atomic E-state index is 5.50. The van der Waals surface area contributed by atoms with Gasteiger partial charge < -0.3 is 23.9 Å². The molecule has 0 fully saturated rings. The average molecular weight is 153 g/mol. The Morgan fingerprint density at radius 1 is 0.714 bits per heavy atom. The van der Waals surface area contributed by atoms with Crippen molar-refractivity contribution in [2.75, 3.05) is 0 Å². The van der Waals surface area contributed by atoms with Gasteiger partial charge in [-0.25, -0.2) is 0 Å². The number of rotatable bonds is 0. The molecule has 0 bridgehead atoms. The summed E-state index contributed by atoms with van der Waals surface area (Å²) in [6.07, 6.45) is 0. The Kier molecular flexibility index (Phi) is 286000. The molecule has 0 atom stereocenters. The fourth-order valence-corrected chi connectivity index (χ4v) is 0. The second-order valence-corrected chi connectivity index (χ2v) is 0. The van der Waals surface area contributed by atoms with E-state index in [9.17, 15) is 0 Å². The first-order valence-corrected chi connectivity index (χ1v) is 0.354. The lowest BCUT2D eigenvalue weighted by molar-refractivity contribution is 1.61. The molecule has 0 heterocycles. The lowest BCUT2D eigenvalue weighted by atomic mass is 11.8. The Balaban J connectivity index is -0.000000000500. The molecular weight excluding hydrogens is 139 g/mol. The molecule has 52 valence electrons. The van der Waals surface area contributed by atoms with Crippen molar-refractivity contribution in [3.8, 4) is 0 Å². The summed E-state index contributed by atoms with van der Waals surface area (Å²) < 4.78 is 0. The zero-order valence-electron chi connectivity index (χ0n) is 4.14. The van der Waals surface area contributed by atoms with Crippen LogP contribution in [0.25, 0.3) is 0 Å². The molecule has 6 heteroatoms. The van der Waals surface area contributed by atoms with Gasteiger partial charge in [0.2, 0.25) is 0 Å². The molecule has 0 rings (SSSR count). The van der Waals surface area contributed by atoms with E-state index < -0.39 is 0 Å². The van der Waals surface area contributed by atoms with Crippen molar-refractivity contribution in [2.24, 2.45) is 0 Å². The van der Waals surface area contributed by atoms with Crippen molar-refractivity contribution < 1.29 is 0 Å². The normalized spacial score (nSPS) is 0.571. The summed E-state index contributed by atoms with van der Waals surface area (Å²) in [5, 5.41) is 5.50. The minimum Gasteiger partial charge on any atom is -0.344 e. The lowest BCUT2D eigenvalue weighted by Gasteiger charge is -0.890. The van der Waals surface area contributed by atoms with Crippen molar-refractivity contribution in [1.82, 2.24) is 18.5 Å². The van der Waals surface area contributed by atoms with E-state index in [-0.39, 0.29) is 43.3 Å². The quantitative estimate of drug-likeness (QED) is 0.394. The molecule has 0 radical (unpaired) electrons. The maximum Gasteiger partial charge on any atom is -0.0187 e. The van der Waals surface area contributed by atoms with Gasteiger partial charge in [0.15, 0.2) is 0 Å². The summed E-state index contributed by atoms with van der Waals surface area (Å²) in [7, 11) is 0. The smallest absolute Gasteiger partial charge is 0.0187 e. The Bertz CT molecular complexity index is 9.65. The van der Waals surface area contributed by atoms with Crippen LogP contribution in [0, 0.1) is 5.41 Å². The first-order valence-electron chi connectivity index (χ1n) is 0.354. The molecule has 0 aromatic rings. The monoisotopic (exact) mass is 152 g/mol. The highest BCUT2D eigenvalue weighted by atomic mass is 35.5. The van der Waals surface area contributed by atoms with E-state index in [1.165, 1.54) is 0 Å². The molecule has 10 N–H and O–H groups in total.